The van der Waals surface area contributed by atoms with E-state index >= 15 is 0 Å². The van der Waals surface area contributed by atoms with Crippen molar-refractivity contribution in [3.8, 4) is 5.75 Å². The minimum atomic E-state index is -0.623. The number of aliphatic hydroxyl groups excluding tert-OH is 2. The predicted molar refractivity (Wildman–Crippen MR) is 126 cm³/mol. The predicted octanol–water partition coefficient (Wildman–Crippen LogP) is 5.71. The van der Waals surface area contributed by atoms with Crippen LogP contribution in [-0.2, 0) is 6.42 Å². The number of aromatic hydroxyl groups is 1. The molecule has 31 heavy (non-hydrogen) atoms. The summed E-state index contributed by atoms with van der Waals surface area (Å²) < 4.78 is 0. The van der Waals surface area contributed by atoms with Gasteiger partial charge in [0.05, 0.1) is 12.2 Å². The highest BCUT2D eigenvalue weighted by molar-refractivity contribution is 5.38. The van der Waals surface area contributed by atoms with Gasteiger partial charge < -0.3 is 15.3 Å². The van der Waals surface area contributed by atoms with Gasteiger partial charge in [0.2, 0.25) is 0 Å². The first-order chi connectivity index (χ1) is 14.8. The fourth-order valence-corrected chi connectivity index (χ4v) is 6.83. The second-order valence-corrected chi connectivity index (χ2v) is 10.5. The third-order valence-electron chi connectivity index (χ3n) is 8.48. The molecule has 0 bridgehead atoms. The lowest BCUT2D eigenvalue weighted by molar-refractivity contribution is 0.0862. The number of benzene rings is 1. The van der Waals surface area contributed by atoms with Crippen molar-refractivity contribution in [3.05, 3.63) is 65.3 Å². The van der Waals surface area contributed by atoms with E-state index in [9.17, 15) is 15.3 Å². The summed E-state index contributed by atoms with van der Waals surface area (Å²) in [5.41, 5.74) is 4.96. The molecule has 3 nitrogen and oxygen atoms in total. The van der Waals surface area contributed by atoms with E-state index in [-0.39, 0.29) is 0 Å². The van der Waals surface area contributed by atoms with Gasteiger partial charge in [-0.1, -0.05) is 50.3 Å². The molecule has 3 aliphatic rings. The van der Waals surface area contributed by atoms with Gasteiger partial charge in [-0.15, -0.1) is 0 Å². The van der Waals surface area contributed by atoms with Gasteiger partial charge in [-0.2, -0.15) is 0 Å². The van der Waals surface area contributed by atoms with Crippen molar-refractivity contribution in [2.45, 2.75) is 77.4 Å². The van der Waals surface area contributed by atoms with Gasteiger partial charge in [0, 0.05) is 6.42 Å². The average Bonchev–Trinajstić information content (AvgIpc) is 3.09. The molecule has 0 saturated heterocycles. The van der Waals surface area contributed by atoms with Crippen molar-refractivity contribution in [1.82, 2.24) is 0 Å². The summed E-state index contributed by atoms with van der Waals surface area (Å²) in [5.74, 6) is 2.27. The summed E-state index contributed by atoms with van der Waals surface area (Å²) >= 11 is 0. The Balaban J connectivity index is 1.50. The molecule has 0 heterocycles. The van der Waals surface area contributed by atoms with Gasteiger partial charge in [0.1, 0.15) is 5.75 Å². The molecule has 6 atom stereocenters. The highest BCUT2D eigenvalue weighted by Crippen LogP contribution is 2.59. The van der Waals surface area contributed by atoms with Gasteiger partial charge in [-0.25, -0.2) is 0 Å². The lowest BCUT2D eigenvalue weighted by Gasteiger charge is -2.44. The Labute approximate surface area is 187 Å². The Hall–Kier alpha value is -1.84. The van der Waals surface area contributed by atoms with E-state index in [1.54, 1.807) is 17.7 Å². The van der Waals surface area contributed by atoms with Crippen LogP contribution in [0.15, 0.2) is 59.7 Å². The highest BCUT2D eigenvalue weighted by atomic mass is 16.3. The molecule has 1 aromatic rings. The Kier molecular flexibility index (Phi) is 6.46. The largest absolute Gasteiger partial charge is 0.508 e. The van der Waals surface area contributed by atoms with Gasteiger partial charge in [-0.3, -0.25) is 0 Å². The zero-order chi connectivity index (χ0) is 22.2. The molecule has 0 radical (unpaired) electrons. The van der Waals surface area contributed by atoms with Gasteiger partial charge >= 0.3 is 0 Å². The monoisotopic (exact) mass is 422 g/mol. The van der Waals surface area contributed by atoms with Crippen molar-refractivity contribution in [2.75, 3.05) is 0 Å². The first kappa shape index (κ1) is 22.4. The molecular formula is C28H38O3. The SMILES string of the molecule is C=C1/C(=C/C=C2\CCC[C@]3(C)[C@@H]([C@H](C)Cc4ccc(O)cc4)CC[C@@H]23)C[C@@H](O)C[C@@H]1O. The van der Waals surface area contributed by atoms with Crippen LogP contribution in [0.1, 0.15) is 64.4 Å². The number of phenolic OH excluding ortho intramolecular Hbond substituents is 1. The van der Waals surface area contributed by atoms with Crippen LogP contribution in [-0.4, -0.2) is 27.5 Å². The van der Waals surface area contributed by atoms with Crippen molar-refractivity contribution >= 4 is 0 Å². The fourth-order valence-electron chi connectivity index (χ4n) is 6.83. The first-order valence-corrected chi connectivity index (χ1v) is 12.0. The Morgan fingerprint density at radius 1 is 1.16 bits per heavy atom. The van der Waals surface area contributed by atoms with E-state index in [1.165, 1.54) is 31.2 Å². The number of allylic oxidation sites excluding steroid dienone is 3. The number of rotatable bonds is 4. The molecule has 1 aromatic carbocycles. The Morgan fingerprint density at radius 3 is 2.65 bits per heavy atom. The molecule has 3 N–H and O–H groups in total. The molecule has 0 amide bonds. The third kappa shape index (κ3) is 4.54. The van der Waals surface area contributed by atoms with Crippen LogP contribution in [0.25, 0.3) is 0 Å². The molecule has 3 heteroatoms. The van der Waals surface area contributed by atoms with Crippen molar-refractivity contribution in [2.24, 2.45) is 23.2 Å². The molecule has 3 saturated carbocycles. The first-order valence-electron chi connectivity index (χ1n) is 12.0. The fraction of sp³-hybridized carbons (Fsp3) is 0.571. The number of phenols is 1. The molecular weight excluding hydrogens is 384 g/mol. The van der Waals surface area contributed by atoms with E-state index in [0.29, 0.717) is 41.8 Å². The van der Waals surface area contributed by atoms with Gasteiger partial charge in [-0.05, 0) is 97.0 Å². The molecule has 3 aliphatic carbocycles. The second-order valence-electron chi connectivity index (χ2n) is 10.5. The molecule has 3 fully saturated rings. The minimum Gasteiger partial charge on any atom is -0.508 e. The van der Waals surface area contributed by atoms with E-state index in [2.05, 4.69) is 44.7 Å². The second kappa shape index (κ2) is 8.96. The lowest BCUT2D eigenvalue weighted by Crippen LogP contribution is -2.36. The molecule has 4 rings (SSSR count). The number of aliphatic hydroxyl groups is 2. The summed E-state index contributed by atoms with van der Waals surface area (Å²) in [7, 11) is 0. The summed E-state index contributed by atoms with van der Waals surface area (Å²) in [6.07, 6.45) is 11.6. The van der Waals surface area contributed by atoms with E-state index < -0.39 is 12.2 Å². The van der Waals surface area contributed by atoms with Gasteiger partial charge in [0.15, 0.2) is 0 Å². The van der Waals surface area contributed by atoms with Crippen molar-refractivity contribution in [3.63, 3.8) is 0 Å². The van der Waals surface area contributed by atoms with Crippen LogP contribution >= 0.6 is 0 Å². The maximum atomic E-state index is 10.1. The summed E-state index contributed by atoms with van der Waals surface area (Å²) in [5, 5.41) is 29.8. The number of hydrogen-bond donors (Lipinski definition) is 3. The topological polar surface area (TPSA) is 60.7 Å². The summed E-state index contributed by atoms with van der Waals surface area (Å²) in [6, 6.07) is 7.70. The maximum Gasteiger partial charge on any atom is 0.115 e. The van der Waals surface area contributed by atoms with Crippen LogP contribution < -0.4 is 0 Å². The van der Waals surface area contributed by atoms with Crippen LogP contribution in [0, 0.1) is 23.2 Å². The smallest absolute Gasteiger partial charge is 0.115 e. The summed E-state index contributed by atoms with van der Waals surface area (Å²) in [4.78, 5) is 0. The normalized spacial score (nSPS) is 37.2. The molecule has 168 valence electrons. The van der Waals surface area contributed by atoms with Crippen LogP contribution in [0.3, 0.4) is 0 Å². The molecule has 0 aliphatic heterocycles. The average molecular weight is 423 g/mol. The van der Waals surface area contributed by atoms with E-state index in [1.807, 2.05) is 0 Å². The van der Waals surface area contributed by atoms with Gasteiger partial charge in [0.25, 0.3) is 0 Å². The quantitative estimate of drug-likeness (QED) is 0.582. The van der Waals surface area contributed by atoms with E-state index in [4.69, 9.17) is 0 Å². The lowest BCUT2D eigenvalue weighted by atomic mass is 9.60. The van der Waals surface area contributed by atoms with Crippen molar-refractivity contribution in [1.29, 1.82) is 0 Å². The standard InChI is InChI=1S/C28H38O3/c1-18(15-20-6-10-23(29)11-7-20)25-12-13-26-21(5-4-14-28(25,26)3)8-9-22-16-24(30)17-27(31)19(22)2/h6-11,18,24-27,29-31H,2,4-5,12-17H2,1,3H3/b21-8+,22-9+/t18-,24-,25-,26+,27+,28-/m1/s1. The van der Waals surface area contributed by atoms with Crippen molar-refractivity contribution < 1.29 is 15.3 Å². The zero-order valence-corrected chi connectivity index (χ0v) is 19.1. The van der Waals surface area contributed by atoms with Crippen LogP contribution in [0.2, 0.25) is 0 Å². The maximum absolute atomic E-state index is 10.1. The summed E-state index contributed by atoms with van der Waals surface area (Å²) in [6.45, 7) is 8.97. The Morgan fingerprint density at radius 2 is 1.90 bits per heavy atom. The number of fused-ring (bicyclic) bond motifs is 1. The minimum absolute atomic E-state index is 0.334. The molecule has 0 aromatic heterocycles. The zero-order valence-electron chi connectivity index (χ0n) is 19.1. The highest BCUT2D eigenvalue weighted by Gasteiger charge is 2.50. The van der Waals surface area contributed by atoms with Crippen LogP contribution in [0.4, 0.5) is 0 Å². The Bertz CT molecular complexity index is 865. The number of hydrogen-bond acceptors (Lipinski definition) is 3. The molecule has 0 spiro atoms. The third-order valence-corrected chi connectivity index (χ3v) is 8.48. The van der Waals surface area contributed by atoms with E-state index in [0.717, 1.165) is 24.0 Å². The van der Waals surface area contributed by atoms with Crippen LogP contribution in [0.5, 0.6) is 5.75 Å². The molecule has 0 unspecified atom stereocenters.